The number of carbonyl (C=O) groups is 1. The van der Waals surface area contributed by atoms with Crippen molar-refractivity contribution in [1.29, 1.82) is 0 Å². The summed E-state index contributed by atoms with van der Waals surface area (Å²) in [5.41, 5.74) is 5.56. The van der Waals surface area contributed by atoms with Gasteiger partial charge in [0.05, 0.1) is 21.6 Å². The molecule has 0 atom stereocenters. The molecule has 12 heteroatoms. The number of benzene rings is 1. The van der Waals surface area contributed by atoms with Crippen LogP contribution in [0.2, 0.25) is 0 Å². The number of pyridine rings is 1. The highest BCUT2D eigenvalue weighted by Crippen LogP contribution is 2.28. The van der Waals surface area contributed by atoms with Gasteiger partial charge in [-0.25, -0.2) is 13.4 Å². The maximum Gasteiger partial charge on any atom is 0.573 e. The highest BCUT2D eigenvalue weighted by Gasteiger charge is 2.32. The maximum absolute atomic E-state index is 12.7. The highest BCUT2D eigenvalue weighted by molar-refractivity contribution is 7.91. The van der Waals surface area contributed by atoms with E-state index in [1.807, 2.05) is 0 Å². The second-order valence-corrected chi connectivity index (χ2v) is 8.58. The first-order chi connectivity index (χ1) is 14.0. The van der Waals surface area contributed by atoms with Crippen LogP contribution >= 0.6 is 0 Å². The molecular weight excluding hydrogens is 427 g/mol. The summed E-state index contributed by atoms with van der Waals surface area (Å²) >= 11 is 0. The largest absolute Gasteiger partial charge is 0.573 e. The smallest absolute Gasteiger partial charge is 0.406 e. The van der Waals surface area contributed by atoms with Gasteiger partial charge in [-0.1, -0.05) is 0 Å². The number of nitrogens with two attached hydrogens (primary N) is 1. The van der Waals surface area contributed by atoms with Crippen LogP contribution in [0.25, 0.3) is 0 Å². The Balaban J connectivity index is 1.75. The molecule has 1 aliphatic carbocycles. The number of nitrogen functional groups attached to an aromatic ring is 1. The number of anilines is 1. The fraction of sp³-hybridized carbons (Fsp3) is 0.333. The Morgan fingerprint density at radius 1 is 1.20 bits per heavy atom. The lowest BCUT2D eigenvalue weighted by Crippen LogP contribution is -2.47. The van der Waals surface area contributed by atoms with Crippen molar-refractivity contribution >= 4 is 21.4 Å². The van der Waals surface area contributed by atoms with Gasteiger partial charge in [0.1, 0.15) is 5.75 Å². The van der Waals surface area contributed by atoms with Crippen LogP contribution in [0.4, 0.5) is 18.9 Å². The number of hydrogen-bond acceptors (Lipinski definition) is 7. The molecule has 1 heterocycles. The minimum atomic E-state index is -4.89. The summed E-state index contributed by atoms with van der Waals surface area (Å²) in [7, 11) is -2.54. The third-order valence-electron chi connectivity index (χ3n) is 4.55. The summed E-state index contributed by atoms with van der Waals surface area (Å²) in [6.07, 6.45) is -2.52. The molecule has 0 spiro atoms. The molecule has 1 amide bonds. The fourth-order valence-electron chi connectivity index (χ4n) is 2.88. The number of sulfone groups is 1. The summed E-state index contributed by atoms with van der Waals surface area (Å²) in [6, 6.07) is 4.70. The molecule has 1 aliphatic rings. The van der Waals surface area contributed by atoms with Crippen molar-refractivity contribution in [3.05, 3.63) is 42.2 Å². The standard InChI is InChI=1S/C18H18F3N3O5S/c1-28-12-6-10(7-12)24-17(25)16-15(22)8-14(9-23-16)30(26,27)13-4-2-11(3-5-13)29-18(19,20)21/h2-5,8-10,12H,6-7,22H2,1H3,(H,24,25). The molecule has 1 fully saturated rings. The lowest BCUT2D eigenvalue weighted by Gasteiger charge is -2.34. The van der Waals surface area contributed by atoms with Gasteiger partial charge in [-0.2, -0.15) is 0 Å². The van der Waals surface area contributed by atoms with Crippen LogP contribution in [-0.2, 0) is 14.6 Å². The molecule has 3 N–H and O–H groups in total. The third-order valence-corrected chi connectivity index (χ3v) is 6.29. The monoisotopic (exact) mass is 445 g/mol. The average molecular weight is 445 g/mol. The average Bonchev–Trinajstić information content (AvgIpc) is 2.63. The predicted molar refractivity (Wildman–Crippen MR) is 98.5 cm³/mol. The lowest BCUT2D eigenvalue weighted by molar-refractivity contribution is -0.274. The van der Waals surface area contributed by atoms with Crippen LogP contribution in [0.15, 0.2) is 46.3 Å². The van der Waals surface area contributed by atoms with Crippen LogP contribution in [0.5, 0.6) is 5.75 Å². The molecule has 1 aromatic heterocycles. The van der Waals surface area contributed by atoms with Gasteiger partial charge in [0.15, 0.2) is 5.69 Å². The van der Waals surface area contributed by atoms with Crippen molar-refractivity contribution in [3.8, 4) is 5.75 Å². The number of methoxy groups -OCH3 is 1. The van der Waals surface area contributed by atoms with E-state index in [4.69, 9.17) is 10.5 Å². The number of amides is 1. The molecule has 0 bridgehead atoms. The molecule has 0 radical (unpaired) electrons. The van der Waals surface area contributed by atoms with E-state index < -0.39 is 27.9 Å². The summed E-state index contributed by atoms with van der Waals surface area (Å²) in [4.78, 5) is 15.6. The van der Waals surface area contributed by atoms with Crippen molar-refractivity contribution in [2.75, 3.05) is 12.8 Å². The zero-order chi connectivity index (χ0) is 22.1. The zero-order valence-corrected chi connectivity index (χ0v) is 16.5. The van der Waals surface area contributed by atoms with Crippen LogP contribution in [0, 0.1) is 0 Å². The molecule has 0 unspecified atom stereocenters. The van der Waals surface area contributed by atoms with E-state index in [9.17, 15) is 26.4 Å². The van der Waals surface area contributed by atoms with Crippen LogP contribution < -0.4 is 15.8 Å². The third kappa shape index (κ3) is 4.82. The predicted octanol–water partition coefficient (Wildman–Crippen LogP) is 2.30. The topological polar surface area (TPSA) is 121 Å². The molecule has 3 rings (SSSR count). The number of ether oxygens (including phenoxy) is 2. The van der Waals surface area contributed by atoms with Gasteiger partial charge in [0, 0.05) is 19.3 Å². The van der Waals surface area contributed by atoms with E-state index >= 15 is 0 Å². The van der Waals surface area contributed by atoms with Crippen LogP contribution in [0.3, 0.4) is 0 Å². The molecule has 8 nitrogen and oxygen atoms in total. The number of rotatable bonds is 6. The summed E-state index contributed by atoms with van der Waals surface area (Å²) in [6.45, 7) is 0. The first kappa shape index (κ1) is 21.8. The van der Waals surface area contributed by atoms with Gasteiger partial charge in [0.25, 0.3) is 5.91 Å². The molecule has 162 valence electrons. The normalized spacial score (nSPS) is 19.1. The van der Waals surface area contributed by atoms with E-state index in [0.29, 0.717) is 12.8 Å². The molecule has 1 saturated carbocycles. The first-order valence-corrected chi connectivity index (χ1v) is 10.2. The molecule has 1 aromatic carbocycles. The quantitative estimate of drug-likeness (QED) is 0.700. The SMILES string of the molecule is COC1CC(NC(=O)c2ncc(S(=O)(=O)c3ccc(OC(F)(F)F)cc3)cc2N)C1. The minimum Gasteiger partial charge on any atom is -0.406 e. The zero-order valence-electron chi connectivity index (χ0n) is 15.6. The van der Waals surface area contributed by atoms with Crippen molar-refractivity contribution < 1.29 is 35.9 Å². The number of nitrogens with one attached hydrogen (secondary N) is 1. The molecule has 2 aromatic rings. The highest BCUT2D eigenvalue weighted by atomic mass is 32.2. The van der Waals surface area contributed by atoms with Gasteiger partial charge in [-0.3, -0.25) is 4.79 Å². The first-order valence-electron chi connectivity index (χ1n) is 8.69. The Hall–Kier alpha value is -2.86. The van der Waals surface area contributed by atoms with Crippen molar-refractivity contribution in [2.45, 2.75) is 41.1 Å². The number of aromatic nitrogens is 1. The fourth-order valence-corrected chi connectivity index (χ4v) is 4.12. The van der Waals surface area contributed by atoms with Crippen molar-refractivity contribution in [2.24, 2.45) is 0 Å². The number of hydrogen-bond donors (Lipinski definition) is 2. The Bertz CT molecular complexity index is 1040. The Morgan fingerprint density at radius 3 is 2.37 bits per heavy atom. The van der Waals surface area contributed by atoms with E-state index in [1.165, 1.54) is 0 Å². The Kier molecular flexibility index (Phi) is 5.90. The molecule has 0 saturated heterocycles. The van der Waals surface area contributed by atoms with Gasteiger partial charge >= 0.3 is 6.36 Å². The summed E-state index contributed by atoms with van der Waals surface area (Å²) in [5, 5.41) is 2.74. The summed E-state index contributed by atoms with van der Waals surface area (Å²) < 4.78 is 70.9. The Labute approximate surface area is 170 Å². The number of nitrogens with zero attached hydrogens (tertiary/aromatic N) is 1. The van der Waals surface area contributed by atoms with Crippen LogP contribution in [-0.4, -0.2) is 44.9 Å². The number of alkyl halides is 3. The van der Waals surface area contributed by atoms with Gasteiger partial charge in [0.2, 0.25) is 9.84 Å². The molecular formula is C18H18F3N3O5S. The van der Waals surface area contributed by atoms with Gasteiger partial charge in [-0.15, -0.1) is 13.2 Å². The van der Waals surface area contributed by atoms with Crippen molar-refractivity contribution in [1.82, 2.24) is 10.3 Å². The van der Waals surface area contributed by atoms with Gasteiger partial charge < -0.3 is 20.5 Å². The lowest BCUT2D eigenvalue weighted by atomic mass is 9.89. The molecule has 30 heavy (non-hydrogen) atoms. The number of carbonyl (C=O) groups excluding carboxylic acids is 1. The van der Waals surface area contributed by atoms with Crippen LogP contribution in [0.1, 0.15) is 23.3 Å². The van der Waals surface area contributed by atoms with E-state index in [2.05, 4.69) is 15.0 Å². The minimum absolute atomic E-state index is 0.0792. The van der Waals surface area contributed by atoms with Gasteiger partial charge in [-0.05, 0) is 43.2 Å². The number of halogens is 3. The van der Waals surface area contributed by atoms with E-state index in [-0.39, 0.29) is 33.3 Å². The maximum atomic E-state index is 12.7. The second-order valence-electron chi connectivity index (χ2n) is 6.63. The second kappa shape index (κ2) is 8.11. The van der Waals surface area contributed by atoms with E-state index in [1.54, 1.807) is 7.11 Å². The summed E-state index contributed by atoms with van der Waals surface area (Å²) in [5.74, 6) is -1.09. The van der Waals surface area contributed by atoms with E-state index in [0.717, 1.165) is 36.5 Å². The van der Waals surface area contributed by atoms with Crippen molar-refractivity contribution in [3.63, 3.8) is 0 Å². The molecule has 0 aliphatic heterocycles. The Morgan fingerprint density at radius 2 is 1.83 bits per heavy atom.